The second-order valence-corrected chi connectivity index (χ2v) is 6.08. The Labute approximate surface area is 145 Å². The monoisotopic (exact) mass is 334 g/mol. The lowest BCUT2D eigenvalue weighted by atomic mass is 9.93. The largest absolute Gasteiger partial charge is 0.378 e. The molecular formula is C20H18N2O3. The van der Waals surface area contributed by atoms with Crippen LogP contribution in [0.1, 0.15) is 21.5 Å². The smallest absolute Gasteiger partial charge is 0.258 e. The van der Waals surface area contributed by atoms with Crippen molar-refractivity contribution in [1.29, 1.82) is 0 Å². The Morgan fingerprint density at radius 1 is 0.880 bits per heavy atom. The van der Waals surface area contributed by atoms with Crippen LogP contribution in [0, 0.1) is 0 Å². The van der Waals surface area contributed by atoms with E-state index in [1.54, 1.807) is 18.2 Å². The van der Waals surface area contributed by atoms with Crippen molar-refractivity contribution in [2.24, 2.45) is 0 Å². The van der Waals surface area contributed by atoms with Crippen LogP contribution in [-0.4, -0.2) is 38.1 Å². The highest BCUT2D eigenvalue weighted by Gasteiger charge is 2.26. The molecule has 0 bridgehead atoms. The average molecular weight is 334 g/mol. The van der Waals surface area contributed by atoms with E-state index in [1.165, 1.54) is 0 Å². The van der Waals surface area contributed by atoms with E-state index in [9.17, 15) is 9.59 Å². The van der Waals surface area contributed by atoms with E-state index < -0.39 is 0 Å². The maximum atomic E-state index is 12.3. The van der Waals surface area contributed by atoms with Crippen LogP contribution in [0.5, 0.6) is 0 Å². The lowest BCUT2D eigenvalue weighted by Gasteiger charge is -2.28. The number of morpholine rings is 1. The number of anilines is 1. The van der Waals surface area contributed by atoms with Gasteiger partial charge < -0.3 is 9.64 Å². The van der Waals surface area contributed by atoms with Crippen LogP contribution < -0.4 is 10.2 Å². The SMILES string of the molecule is O=C1NC(=O)c2ccccc2/C1=C/c1ccc(N2CCOCC2)cc1. The lowest BCUT2D eigenvalue weighted by molar-refractivity contribution is -0.114. The number of nitrogens with zero attached hydrogens (tertiary/aromatic N) is 1. The number of imide groups is 1. The van der Waals surface area contributed by atoms with Crippen molar-refractivity contribution in [2.75, 3.05) is 31.2 Å². The van der Waals surface area contributed by atoms with Gasteiger partial charge in [-0.25, -0.2) is 0 Å². The molecule has 4 rings (SSSR count). The van der Waals surface area contributed by atoms with E-state index in [1.807, 2.05) is 24.3 Å². The molecule has 0 atom stereocenters. The molecule has 0 radical (unpaired) electrons. The van der Waals surface area contributed by atoms with Gasteiger partial charge in [0.1, 0.15) is 0 Å². The van der Waals surface area contributed by atoms with E-state index in [2.05, 4.69) is 22.3 Å². The summed E-state index contributed by atoms with van der Waals surface area (Å²) in [6, 6.07) is 15.2. The Morgan fingerprint density at radius 2 is 1.56 bits per heavy atom. The van der Waals surface area contributed by atoms with Gasteiger partial charge in [0, 0.05) is 29.9 Å². The molecular weight excluding hydrogens is 316 g/mol. The molecule has 25 heavy (non-hydrogen) atoms. The summed E-state index contributed by atoms with van der Waals surface area (Å²) in [7, 11) is 0. The maximum absolute atomic E-state index is 12.3. The van der Waals surface area contributed by atoms with Crippen LogP contribution in [0.2, 0.25) is 0 Å². The number of benzene rings is 2. The fourth-order valence-electron chi connectivity index (χ4n) is 3.19. The molecule has 2 amide bonds. The first kappa shape index (κ1) is 15.6. The van der Waals surface area contributed by atoms with Gasteiger partial charge in [-0.3, -0.25) is 14.9 Å². The third-order valence-corrected chi connectivity index (χ3v) is 4.51. The first-order valence-electron chi connectivity index (χ1n) is 8.32. The topological polar surface area (TPSA) is 58.6 Å². The second-order valence-electron chi connectivity index (χ2n) is 6.08. The number of rotatable bonds is 2. The minimum absolute atomic E-state index is 0.347. The van der Waals surface area contributed by atoms with E-state index in [0.29, 0.717) is 16.7 Å². The molecule has 0 aliphatic carbocycles. The van der Waals surface area contributed by atoms with Crippen molar-refractivity contribution in [2.45, 2.75) is 0 Å². The highest BCUT2D eigenvalue weighted by atomic mass is 16.5. The molecule has 1 fully saturated rings. The summed E-state index contributed by atoms with van der Waals surface area (Å²) in [5, 5.41) is 2.40. The molecule has 1 saturated heterocycles. The third kappa shape index (κ3) is 3.06. The average Bonchev–Trinajstić information content (AvgIpc) is 2.66. The maximum Gasteiger partial charge on any atom is 0.258 e. The van der Waals surface area contributed by atoms with Gasteiger partial charge in [0.05, 0.1) is 13.2 Å². The Hall–Kier alpha value is -2.92. The standard InChI is InChI=1S/C20H18N2O3/c23-19-17-4-2-1-3-16(17)18(20(24)21-19)13-14-5-7-15(8-6-14)22-9-11-25-12-10-22/h1-8,13H,9-12H2,(H,21,23,24)/b18-13-. The number of carbonyl (C=O) groups excluding carboxylic acids is 2. The van der Waals surface area contributed by atoms with E-state index in [0.717, 1.165) is 37.6 Å². The van der Waals surface area contributed by atoms with Gasteiger partial charge in [-0.2, -0.15) is 0 Å². The molecule has 0 aromatic heterocycles. The zero-order valence-corrected chi connectivity index (χ0v) is 13.7. The van der Waals surface area contributed by atoms with Crippen molar-refractivity contribution in [3.8, 4) is 0 Å². The Morgan fingerprint density at radius 3 is 2.28 bits per heavy atom. The van der Waals surface area contributed by atoms with Crippen LogP contribution in [0.4, 0.5) is 5.69 Å². The number of hydrogen-bond acceptors (Lipinski definition) is 4. The number of nitrogens with one attached hydrogen (secondary N) is 1. The summed E-state index contributed by atoms with van der Waals surface area (Å²) in [6.45, 7) is 3.27. The Kier molecular flexibility index (Phi) is 4.07. The van der Waals surface area contributed by atoms with Gasteiger partial charge >= 0.3 is 0 Å². The number of fused-ring (bicyclic) bond motifs is 1. The molecule has 0 spiro atoms. The highest BCUT2D eigenvalue weighted by molar-refractivity contribution is 6.33. The Bertz CT molecular complexity index is 849. The molecule has 0 saturated carbocycles. The first-order valence-corrected chi connectivity index (χ1v) is 8.32. The van der Waals surface area contributed by atoms with Gasteiger partial charge in [0.15, 0.2) is 0 Å². The summed E-state index contributed by atoms with van der Waals surface area (Å²) >= 11 is 0. The number of carbonyl (C=O) groups is 2. The number of amides is 2. The van der Waals surface area contributed by atoms with Crippen LogP contribution in [0.3, 0.4) is 0 Å². The molecule has 2 aromatic rings. The van der Waals surface area contributed by atoms with Crippen LogP contribution >= 0.6 is 0 Å². The minimum atomic E-state index is -0.360. The summed E-state index contributed by atoms with van der Waals surface area (Å²) in [4.78, 5) is 26.5. The third-order valence-electron chi connectivity index (χ3n) is 4.51. The molecule has 5 heteroatoms. The minimum Gasteiger partial charge on any atom is -0.378 e. The van der Waals surface area contributed by atoms with Crippen molar-refractivity contribution in [1.82, 2.24) is 5.32 Å². The summed E-state index contributed by atoms with van der Waals surface area (Å²) in [5.41, 5.74) is 3.78. The van der Waals surface area contributed by atoms with Gasteiger partial charge in [-0.15, -0.1) is 0 Å². The number of ether oxygens (including phenoxy) is 1. The number of hydrogen-bond donors (Lipinski definition) is 1. The summed E-state index contributed by atoms with van der Waals surface area (Å²) < 4.78 is 5.38. The fourth-order valence-corrected chi connectivity index (χ4v) is 3.19. The molecule has 2 aromatic carbocycles. The molecule has 126 valence electrons. The lowest BCUT2D eigenvalue weighted by Crippen LogP contribution is -2.36. The highest BCUT2D eigenvalue weighted by Crippen LogP contribution is 2.26. The predicted octanol–water partition coefficient (Wildman–Crippen LogP) is 2.33. The van der Waals surface area contributed by atoms with Crippen molar-refractivity contribution >= 4 is 29.2 Å². The van der Waals surface area contributed by atoms with Gasteiger partial charge in [-0.05, 0) is 35.4 Å². The molecule has 5 nitrogen and oxygen atoms in total. The van der Waals surface area contributed by atoms with Gasteiger partial charge in [-0.1, -0.05) is 30.3 Å². The molecule has 0 unspecified atom stereocenters. The summed E-state index contributed by atoms with van der Waals surface area (Å²) in [5.74, 6) is -0.707. The molecule has 2 aliphatic heterocycles. The van der Waals surface area contributed by atoms with Crippen molar-refractivity contribution in [3.05, 3.63) is 65.2 Å². The van der Waals surface area contributed by atoms with Crippen LogP contribution in [-0.2, 0) is 9.53 Å². The molecule has 1 N–H and O–H groups in total. The first-order chi connectivity index (χ1) is 12.2. The summed E-state index contributed by atoms with van der Waals surface area (Å²) in [6.07, 6.45) is 1.82. The molecule has 2 heterocycles. The van der Waals surface area contributed by atoms with Crippen LogP contribution in [0.15, 0.2) is 48.5 Å². The zero-order valence-electron chi connectivity index (χ0n) is 13.7. The molecule has 2 aliphatic rings. The fraction of sp³-hybridized carbons (Fsp3) is 0.200. The van der Waals surface area contributed by atoms with Crippen LogP contribution in [0.25, 0.3) is 11.6 Å². The van der Waals surface area contributed by atoms with E-state index in [-0.39, 0.29) is 11.8 Å². The normalized spacial score (nSPS) is 18.9. The van der Waals surface area contributed by atoms with E-state index in [4.69, 9.17) is 4.74 Å². The predicted molar refractivity (Wildman–Crippen MR) is 96.3 cm³/mol. The van der Waals surface area contributed by atoms with Gasteiger partial charge in [0.2, 0.25) is 0 Å². The van der Waals surface area contributed by atoms with Gasteiger partial charge in [0.25, 0.3) is 11.8 Å². The van der Waals surface area contributed by atoms with Crippen molar-refractivity contribution in [3.63, 3.8) is 0 Å². The van der Waals surface area contributed by atoms with Crippen molar-refractivity contribution < 1.29 is 14.3 Å². The second kappa shape index (κ2) is 6.53. The zero-order chi connectivity index (χ0) is 17.2. The Balaban J connectivity index is 1.65. The quantitative estimate of drug-likeness (QED) is 0.676. The van der Waals surface area contributed by atoms with E-state index >= 15 is 0 Å².